The predicted octanol–water partition coefficient (Wildman–Crippen LogP) is 4.66. The van der Waals surface area contributed by atoms with E-state index in [1.165, 1.54) is 12.1 Å². The lowest BCUT2D eigenvalue weighted by Gasteiger charge is -2.14. The number of nitrogens with one attached hydrogen (secondary N) is 1. The lowest BCUT2D eigenvalue weighted by Crippen LogP contribution is -2.15. The van der Waals surface area contributed by atoms with Crippen molar-refractivity contribution in [2.75, 3.05) is 11.9 Å². The number of aryl methyl sites for hydroxylation is 1. The zero-order valence-corrected chi connectivity index (χ0v) is 16.0. The van der Waals surface area contributed by atoms with Crippen LogP contribution >= 0.6 is 0 Å². The van der Waals surface area contributed by atoms with Gasteiger partial charge in [0.05, 0.1) is 29.1 Å². The third-order valence-corrected chi connectivity index (χ3v) is 4.76. The van der Waals surface area contributed by atoms with Gasteiger partial charge in [0.1, 0.15) is 23.4 Å². The van der Waals surface area contributed by atoms with E-state index in [1.807, 2.05) is 19.9 Å². The van der Waals surface area contributed by atoms with Crippen molar-refractivity contribution in [1.82, 2.24) is 4.98 Å². The number of hydrogen-bond donors (Lipinski definition) is 1. The highest BCUT2D eigenvalue weighted by Crippen LogP contribution is 2.38. The summed E-state index contributed by atoms with van der Waals surface area (Å²) in [6, 6.07) is 9.78. The second-order valence-corrected chi connectivity index (χ2v) is 6.93. The fourth-order valence-electron chi connectivity index (χ4n) is 3.47. The van der Waals surface area contributed by atoms with E-state index in [9.17, 15) is 9.18 Å². The van der Waals surface area contributed by atoms with Crippen LogP contribution in [-0.2, 0) is 6.42 Å². The smallest absolute Gasteiger partial charge is 0.257 e. The van der Waals surface area contributed by atoms with E-state index in [0.717, 1.165) is 17.7 Å². The van der Waals surface area contributed by atoms with Crippen LogP contribution in [0.4, 0.5) is 10.1 Å². The Morgan fingerprint density at radius 1 is 1.32 bits per heavy atom. The van der Waals surface area contributed by atoms with E-state index < -0.39 is 0 Å². The first-order chi connectivity index (χ1) is 13.4. The van der Waals surface area contributed by atoms with E-state index in [0.29, 0.717) is 40.2 Å². The molecule has 2 heterocycles. The highest BCUT2D eigenvalue weighted by atomic mass is 19.1. The standard InChI is InChI=1S/C22H21FN2O3/c1-4-27-21-9-15-7-12(2)28-20(15)11-19(21)25-22(26)17-8-14-5-6-16(23)10-18(14)24-13(17)3/h5-6,8-12H,4,7H2,1-3H3,(H,25,26). The Bertz CT molecular complexity index is 1080. The number of fused-ring (bicyclic) bond motifs is 2. The summed E-state index contributed by atoms with van der Waals surface area (Å²) in [4.78, 5) is 17.3. The molecule has 2 aromatic carbocycles. The number of anilines is 1. The number of hydrogen-bond acceptors (Lipinski definition) is 4. The average molecular weight is 380 g/mol. The molecule has 0 fully saturated rings. The Hall–Kier alpha value is -3.15. The Morgan fingerprint density at radius 2 is 2.14 bits per heavy atom. The monoisotopic (exact) mass is 380 g/mol. The SMILES string of the molecule is CCOc1cc2c(cc1NC(=O)c1cc3ccc(F)cc3nc1C)OC(C)C2. The molecule has 0 radical (unpaired) electrons. The molecule has 144 valence electrons. The second-order valence-electron chi connectivity index (χ2n) is 6.93. The van der Waals surface area contributed by atoms with Gasteiger partial charge in [-0.05, 0) is 45.0 Å². The summed E-state index contributed by atoms with van der Waals surface area (Å²) in [7, 11) is 0. The van der Waals surface area contributed by atoms with Crippen molar-refractivity contribution in [2.24, 2.45) is 0 Å². The maximum atomic E-state index is 13.4. The molecule has 0 aliphatic carbocycles. The Balaban J connectivity index is 1.68. The predicted molar refractivity (Wildman–Crippen MR) is 106 cm³/mol. The number of amides is 1. The number of nitrogens with zero attached hydrogens (tertiary/aromatic N) is 1. The molecule has 0 saturated heterocycles. The lowest BCUT2D eigenvalue weighted by molar-refractivity contribution is 0.102. The number of pyridine rings is 1. The minimum absolute atomic E-state index is 0.0998. The van der Waals surface area contributed by atoms with Crippen molar-refractivity contribution in [2.45, 2.75) is 33.3 Å². The molecule has 0 saturated carbocycles. The van der Waals surface area contributed by atoms with E-state index in [4.69, 9.17) is 9.47 Å². The first kappa shape index (κ1) is 18.2. The van der Waals surface area contributed by atoms with Crippen molar-refractivity contribution in [1.29, 1.82) is 0 Å². The van der Waals surface area contributed by atoms with Crippen LogP contribution in [0.25, 0.3) is 10.9 Å². The molecule has 28 heavy (non-hydrogen) atoms. The minimum Gasteiger partial charge on any atom is -0.492 e. The molecule has 6 heteroatoms. The van der Waals surface area contributed by atoms with Gasteiger partial charge in [0.2, 0.25) is 0 Å². The molecule has 4 rings (SSSR count). The summed E-state index contributed by atoms with van der Waals surface area (Å²) in [6.45, 7) is 6.12. The Morgan fingerprint density at radius 3 is 2.93 bits per heavy atom. The summed E-state index contributed by atoms with van der Waals surface area (Å²) >= 11 is 0. The third kappa shape index (κ3) is 3.38. The van der Waals surface area contributed by atoms with Gasteiger partial charge in [-0.3, -0.25) is 9.78 Å². The number of ether oxygens (including phenoxy) is 2. The van der Waals surface area contributed by atoms with E-state index >= 15 is 0 Å². The van der Waals surface area contributed by atoms with Crippen molar-refractivity contribution in [3.8, 4) is 11.5 Å². The van der Waals surface area contributed by atoms with Gasteiger partial charge in [-0.2, -0.15) is 0 Å². The molecule has 1 aromatic heterocycles. The summed E-state index contributed by atoms with van der Waals surface area (Å²) < 4.78 is 24.9. The number of rotatable bonds is 4. The molecule has 0 spiro atoms. The van der Waals surface area contributed by atoms with E-state index in [2.05, 4.69) is 10.3 Å². The normalized spacial score (nSPS) is 15.2. The van der Waals surface area contributed by atoms with Gasteiger partial charge in [-0.1, -0.05) is 0 Å². The topological polar surface area (TPSA) is 60.5 Å². The van der Waals surface area contributed by atoms with Gasteiger partial charge in [-0.25, -0.2) is 4.39 Å². The highest BCUT2D eigenvalue weighted by Gasteiger charge is 2.23. The largest absolute Gasteiger partial charge is 0.492 e. The van der Waals surface area contributed by atoms with Crippen LogP contribution in [-0.4, -0.2) is 23.6 Å². The van der Waals surface area contributed by atoms with Crippen LogP contribution in [0, 0.1) is 12.7 Å². The zero-order chi connectivity index (χ0) is 19.8. The van der Waals surface area contributed by atoms with Crippen LogP contribution in [0.3, 0.4) is 0 Å². The van der Waals surface area contributed by atoms with Crippen LogP contribution in [0.5, 0.6) is 11.5 Å². The van der Waals surface area contributed by atoms with Crippen molar-refractivity contribution >= 4 is 22.5 Å². The van der Waals surface area contributed by atoms with Crippen LogP contribution in [0.1, 0.15) is 35.5 Å². The molecule has 1 atom stereocenters. The summed E-state index contributed by atoms with van der Waals surface area (Å²) in [6.07, 6.45) is 0.913. The number of aromatic nitrogens is 1. The molecule has 1 N–H and O–H groups in total. The third-order valence-electron chi connectivity index (χ3n) is 4.76. The van der Waals surface area contributed by atoms with Crippen LogP contribution in [0.2, 0.25) is 0 Å². The first-order valence-electron chi connectivity index (χ1n) is 9.29. The number of halogens is 1. The molecular formula is C22H21FN2O3. The zero-order valence-electron chi connectivity index (χ0n) is 16.0. The van der Waals surface area contributed by atoms with Gasteiger partial charge in [0, 0.05) is 29.5 Å². The molecule has 5 nitrogen and oxygen atoms in total. The van der Waals surface area contributed by atoms with Gasteiger partial charge in [0.25, 0.3) is 5.91 Å². The van der Waals surface area contributed by atoms with Crippen molar-refractivity contribution in [3.05, 3.63) is 59.0 Å². The van der Waals surface area contributed by atoms with Gasteiger partial charge < -0.3 is 14.8 Å². The molecule has 1 unspecified atom stereocenters. The maximum Gasteiger partial charge on any atom is 0.257 e. The number of carbonyl (C=O) groups is 1. The Kier molecular flexibility index (Phi) is 4.63. The summed E-state index contributed by atoms with van der Waals surface area (Å²) in [5.74, 6) is 0.712. The van der Waals surface area contributed by atoms with Gasteiger partial charge >= 0.3 is 0 Å². The fraction of sp³-hybridized carbons (Fsp3) is 0.273. The Labute approximate surface area is 162 Å². The van der Waals surface area contributed by atoms with Gasteiger partial charge in [0.15, 0.2) is 0 Å². The average Bonchev–Trinajstić information content (AvgIpc) is 3.00. The highest BCUT2D eigenvalue weighted by molar-refractivity contribution is 6.07. The number of carbonyl (C=O) groups excluding carboxylic acids is 1. The fourth-order valence-corrected chi connectivity index (χ4v) is 3.47. The first-order valence-corrected chi connectivity index (χ1v) is 9.29. The molecule has 1 aliphatic heterocycles. The molecule has 3 aromatic rings. The van der Waals surface area contributed by atoms with Gasteiger partial charge in [-0.15, -0.1) is 0 Å². The number of benzene rings is 2. The molecular weight excluding hydrogens is 359 g/mol. The molecule has 1 amide bonds. The van der Waals surface area contributed by atoms with E-state index in [1.54, 1.807) is 25.1 Å². The quantitative estimate of drug-likeness (QED) is 0.715. The minimum atomic E-state index is -0.356. The van der Waals surface area contributed by atoms with Crippen molar-refractivity contribution < 1.29 is 18.7 Å². The van der Waals surface area contributed by atoms with E-state index in [-0.39, 0.29) is 17.8 Å². The van der Waals surface area contributed by atoms with Crippen molar-refractivity contribution in [3.63, 3.8) is 0 Å². The molecule has 0 bridgehead atoms. The van der Waals surface area contributed by atoms with Crippen LogP contribution < -0.4 is 14.8 Å². The lowest BCUT2D eigenvalue weighted by atomic mass is 10.1. The summed E-state index contributed by atoms with van der Waals surface area (Å²) in [5.41, 5.74) is 3.10. The second kappa shape index (κ2) is 7.11. The summed E-state index contributed by atoms with van der Waals surface area (Å²) in [5, 5.41) is 3.62. The maximum absolute atomic E-state index is 13.4. The van der Waals surface area contributed by atoms with Crippen LogP contribution in [0.15, 0.2) is 36.4 Å². The molecule has 1 aliphatic rings.